The predicted molar refractivity (Wildman–Crippen MR) is 132 cm³/mol. The molecular weight excluding hydrogens is 485 g/mol. The Balaban J connectivity index is 1.79. The van der Waals surface area contributed by atoms with Crippen molar-refractivity contribution in [2.75, 3.05) is 7.11 Å². The molecule has 0 radical (unpaired) electrons. The molecule has 0 bridgehead atoms. The van der Waals surface area contributed by atoms with Gasteiger partial charge in [0.05, 0.1) is 28.9 Å². The number of hydrogen-bond donors (Lipinski definition) is 1. The fourth-order valence-electron chi connectivity index (χ4n) is 2.95. The van der Waals surface area contributed by atoms with Crippen molar-refractivity contribution in [1.82, 2.24) is 10.4 Å². The second-order valence-corrected chi connectivity index (χ2v) is 7.95. The van der Waals surface area contributed by atoms with Crippen LogP contribution in [0.15, 0.2) is 66.4 Å². The zero-order valence-electron chi connectivity index (χ0n) is 17.6. The molecule has 0 saturated carbocycles. The summed E-state index contributed by atoms with van der Waals surface area (Å²) in [7, 11) is 1.55. The number of pyridine rings is 1. The number of benzene rings is 2. The SMILES string of the molecule is C=CCc1cc(C=NNC(=O)c2cccnc2Cl)cc(OC)c1OCc1ccc(Cl)c(Cl)c1. The lowest BCUT2D eigenvalue weighted by atomic mass is 10.1. The second kappa shape index (κ2) is 11.7. The molecule has 1 heterocycles. The molecule has 6 nitrogen and oxygen atoms in total. The number of nitrogens with zero attached hydrogens (tertiary/aromatic N) is 2. The summed E-state index contributed by atoms with van der Waals surface area (Å²) in [5.74, 6) is 0.619. The van der Waals surface area contributed by atoms with Crippen LogP contribution in [0.4, 0.5) is 0 Å². The molecule has 0 fully saturated rings. The third-order valence-electron chi connectivity index (χ3n) is 4.49. The number of amides is 1. The van der Waals surface area contributed by atoms with Gasteiger partial charge >= 0.3 is 0 Å². The summed E-state index contributed by atoms with van der Waals surface area (Å²) in [5.41, 5.74) is 5.07. The second-order valence-electron chi connectivity index (χ2n) is 6.78. The van der Waals surface area contributed by atoms with Crippen LogP contribution in [-0.4, -0.2) is 24.2 Å². The van der Waals surface area contributed by atoms with Gasteiger partial charge in [0.15, 0.2) is 11.5 Å². The van der Waals surface area contributed by atoms with Crippen molar-refractivity contribution in [3.05, 3.63) is 98.8 Å². The first-order valence-corrected chi connectivity index (χ1v) is 10.9. The van der Waals surface area contributed by atoms with Crippen LogP contribution in [0.5, 0.6) is 11.5 Å². The summed E-state index contributed by atoms with van der Waals surface area (Å²) in [6.07, 6.45) is 5.29. The third kappa shape index (κ3) is 6.48. The number of ether oxygens (including phenoxy) is 2. The summed E-state index contributed by atoms with van der Waals surface area (Å²) in [6, 6.07) is 12.1. The van der Waals surface area contributed by atoms with Gasteiger partial charge in [0.2, 0.25) is 0 Å². The van der Waals surface area contributed by atoms with Gasteiger partial charge in [0.1, 0.15) is 11.8 Å². The summed E-state index contributed by atoms with van der Waals surface area (Å²) in [5, 5.41) is 5.05. The van der Waals surface area contributed by atoms with Crippen LogP contribution in [0.25, 0.3) is 0 Å². The van der Waals surface area contributed by atoms with E-state index in [1.165, 1.54) is 12.4 Å². The van der Waals surface area contributed by atoms with Crippen molar-refractivity contribution < 1.29 is 14.3 Å². The highest BCUT2D eigenvalue weighted by Crippen LogP contribution is 2.34. The molecule has 0 aliphatic heterocycles. The number of methoxy groups -OCH3 is 1. The van der Waals surface area contributed by atoms with Crippen molar-refractivity contribution in [3.8, 4) is 11.5 Å². The molecule has 0 spiro atoms. The van der Waals surface area contributed by atoms with E-state index in [1.807, 2.05) is 12.1 Å². The van der Waals surface area contributed by atoms with E-state index < -0.39 is 5.91 Å². The van der Waals surface area contributed by atoms with Crippen molar-refractivity contribution >= 4 is 46.9 Å². The third-order valence-corrected chi connectivity index (χ3v) is 5.53. The molecule has 33 heavy (non-hydrogen) atoms. The minimum absolute atomic E-state index is 0.101. The number of nitrogens with one attached hydrogen (secondary N) is 1. The lowest BCUT2D eigenvalue weighted by Crippen LogP contribution is -2.18. The number of rotatable bonds is 9. The molecule has 1 N–H and O–H groups in total. The summed E-state index contributed by atoms with van der Waals surface area (Å²) < 4.78 is 11.6. The van der Waals surface area contributed by atoms with Crippen LogP contribution in [0.2, 0.25) is 15.2 Å². The lowest BCUT2D eigenvalue weighted by molar-refractivity contribution is 0.0955. The standard InChI is InChI=1S/C24H20Cl3N3O3/c1-3-5-17-10-16(13-29-30-24(31)18-6-4-9-28-23(18)27)12-21(32-2)22(17)33-14-15-7-8-19(25)20(26)11-15/h3-4,6-13H,1,5,14H2,2H3,(H,30,31). The fraction of sp³-hybridized carbons (Fsp3) is 0.125. The first-order chi connectivity index (χ1) is 15.9. The van der Waals surface area contributed by atoms with E-state index in [2.05, 4.69) is 22.1 Å². The summed E-state index contributed by atoms with van der Waals surface area (Å²) in [6.45, 7) is 4.08. The molecule has 3 aromatic rings. The molecule has 0 aliphatic rings. The Morgan fingerprint density at radius 3 is 2.70 bits per heavy atom. The van der Waals surface area contributed by atoms with E-state index in [9.17, 15) is 4.79 Å². The van der Waals surface area contributed by atoms with E-state index in [1.54, 1.807) is 43.5 Å². The highest BCUT2D eigenvalue weighted by Gasteiger charge is 2.14. The van der Waals surface area contributed by atoms with Gasteiger partial charge in [0, 0.05) is 11.8 Å². The average molecular weight is 505 g/mol. The van der Waals surface area contributed by atoms with Crippen LogP contribution >= 0.6 is 34.8 Å². The smallest absolute Gasteiger partial charge is 0.274 e. The maximum atomic E-state index is 12.2. The van der Waals surface area contributed by atoms with Crippen LogP contribution in [-0.2, 0) is 13.0 Å². The van der Waals surface area contributed by atoms with E-state index in [0.29, 0.717) is 33.5 Å². The quantitative estimate of drug-likeness (QED) is 0.165. The van der Waals surface area contributed by atoms with Gasteiger partial charge in [-0.3, -0.25) is 4.79 Å². The van der Waals surface area contributed by atoms with Gasteiger partial charge < -0.3 is 9.47 Å². The van der Waals surface area contributed by atoms with Gasteiger partial charge in [-0.2, -0.15) is 5.10 Å². The molecule has 9 heteroatoms. The van der Waals surface area contributed by atoms with Gasteiger partial charge in [-0.1, -0.05) is 46.9 Å². The van der Waals surface area contributed by atoms with Crippen molar-refractivity contribution in [2.24, 2.45) is 5.10 Å². The molecule has 170 valence electrons. The van der Waals surface area contributed by atoms with Crippen LogP contribution < -0.4 is 14.9 Å². The Labute approximate surface area is 206 Å². The van der Waals surface area contributed by atoms with E-state index in [0.717, 1.165) is 11.1 Å². The Bertz CT molecular complexity index is 1200. The predicted octanol–water partition coefficient (Wildman–Crippen LogP) is 6.12. The molecule has 2 aromatic carbocycles. The summed E-state index contributed by atoms with van der Waals surface area (Å²) >= 11 is 18.0. The van der Waals surface area contributed by atoms with Gasteiger partial charge in [-0.05, 0) is 53.9 Å². The Kier molecular flexibility index (Phi) is 8.72. The number of halogens is 3. The van der Waals surface area contributed by atoms with E-state index in [-0.39, 0.29) is 17.3 Å². The van der Waals surface area contributed by atoms with Crippen LogP contribution in [0.3, 0.4) is 0 Å². The minimum Gasteiger partial charge on any atom is -0.493 e. The van der Waals surface area contributed by atoms with E-state index >= 15 is 0 Å². The molecule has 0 aliphatic carbocycles. The Morgan fingerprint density at radius 2 is 2.00 bits per heavy atom. The average Bonchev–Trinajstić information content (AvgIpc) is 2.80. The Hall–Kier alpha value is -3.06. The van der Waals surface area contributed by atoms with Gasteiger partial charge in [-0.25, -0.2) is 10.4 Å². The first kappa shape index (κ1) is 24.6. The molecule has 0 atom stereocenters. The zero-order chi connectivity index (χ0) is 23.8. The molecular formula is C24H20Cl3N3O3. The number of carbonyl (C=O) groups is 1. The topological polar surface area (TPSA) is 72.8 Å². The molecule has 1 amide bonds. The monoisotopic (exact) mass is 503 g/mol. The molecule has 3 rings (SSSR count). The minimum atomic E-state index is -0.468. The number of allylic oxidation sites excluding steroid dienone is 1. The first-order valence-electron chi connectivity index (χ1n) is 9.75. The van der Waals surface area contributed by atoms with Gasteiger partial charge in [0.25, 0.3) is 5.91 Å². The van der Waals surface area contributed by atoms with Crippen LogP contribution in [0.1, 0.15) is 27.0 Å². The normalized spacial score (nSPS) is 10.8. The maximum absolute atomic E-state index is 12.2. The van der Waals surface area contributed by atoms with Crippen molar-refractivity contribution in [2.45, 2.75) is 13.0 Å². The van der Waals surface area contributed by atoms with E-state index in [4.69, 9.17) is 44.3 Å². The largest absolute Gasteiger partial charge is 0.493 e. The number of hydrogen-bond acceptors (Lipinski definition) is 5. The fourth-order valence-corrected chi connectivity index (χ4v) is 3.47. The molecule has 1 aromatic heterocycles. The maximum Gasteiger partial charge on any atom is 0.274 e. The molecule has 0 saturated heterocycles. The molecule has 0 unspecified atom stereocenters. The highest BCUT2D eigenvalue weighted by atomic mass is 35.5. The lowest BCUT2D eigenvalue weighted by Gasteiger charge is -2.16. The zero-order valence-corrected chi connectivity index (χ0v) is 19.9. The number of carbonyl (C=O) groups excluding carboxylic acids is 1. The Morgan fingerprint density at radius 1 is 1.18 bits per heavy atom. The number of hydrazone groups is 1. The number of aromatic nitrogens is 1. The van der Waals surface area contributed by atoms with Crippen molar-refractivity contribution in [3.63, 3.8) is 0 Å². The summed E-state index contributed by atoms with van der Waals surface area (Å²) in [4.78, 5) is 16.1. The van der Waals surface area contributed by atoms with Crippen molar-refractivity contribution in [1.29, 1.82) is 0 Å². The van der Waals surface area contributed by atoms with Gasteiger partial charge in [-0.15, -0.1) is 6.58 Å². The highest BCUT2D eigenvalue weighted by molar-refractivity contribution is 6.42. The van der Waals surface area contributed by atoms with Crippen LogP contribution in [0, 0.1) is 0 Å².